The van der Waals surface area contributed by atoms with Crippen LogP contribution in [0, 0.1) is 0 Å². The van der Waals surface area contributed by atoms with Crippen molar-refractivity contribution in [3.05, 3.63) is 12.2 Å². The van der Waals surface area contributed by atoms with E-state index in [1.807, 2.05) is 33.1 Å². The van der Waals surface area contributed by atoms with Crippen LogP contribution in [0.2, 0.25) is 52.4 Å². The van der Waals surface area contributed by atoms with E-state index >= 15 is 0 Å². The van der Waals surface area contributed by atoms with Gasteiger partial charge in [-0.2, -0.15) is 0 Å². The first-order valence-electron chi connectivity index (χ1n) is 10.3. The maximum Gasteiger partial charge on any atom is 0.333 e. The minimum absolute atomic E-state index is 0.0462. The van der Waals surface area contributed by atoms with Crippen LogP contribution in [0.4, 0.5) is 0 Å². The molecule has 0 aliphatic rings. The molecule has 0 radical (unpaired) electrons. The Bertz CT molecular complexity index is 507. The molecule has 0 saturated carbocycles. The largest absolute Gasteiger partial charge is 0.460 e. The molecule has 0 rings (SSSR count). The lowest BCUT2D eigenvalue weighted by Gasteiger charge is -2.36. The third kappa shape index (κ3) is 21.1. The fraction of sp³-hybridized carbons (Fsp3) is 0.833. The van der Waals surface area contributed by atoms with Crippen LogP contribution in [0.1, 0.15) is 20.3 Å². The molecule has 0 aliphatic carbocycles. The second kappa shape index (κ2) is 14.8. The number of rotatable bonds is 13. The number of hydrogen-bond acceptors (Lipinski definition) is 8. The lowest BCUT2D eigenvalue weighted by atomic mass is 10.3. The Balaban J connectivity index is 0. The highest BCUT2D eigenvalue weighted by Crippen LogP contribution is 2.20. The molecule has 0 saturated heterocycles. The van der Waals surface area contributed by atoms with Gasteiger partial charge in [0.1, 0.15) is 12.7 Å². The minimum atomic E-state index is -2.52. The molecule has 1 unspecified atom stereocenters. The van der Waals surface area contributed by atoms with E-state index < -0.39 is 46.8 Å². The summed E-state index contributed by atoms with van der Waals surface area (Å²) in [6.45, 7) is 23.5. The van der Waals surface area contributed by atoms with Gasteiger partial charge in [-0.15, -0.1) is 0 Å². The zero-order valence-electron chi connectivity index (χ0n) is 20.5. The summed E-state index contributed by atoms with van der Waals surface area (Å²) in [6, 6.07) is 0. The maximum atomic E-state index is 10.9. The van der Waals surface area contributed by atoms with Crippen molar-refractivity contribution in [3.8, 4) is 0 Å². The van der Waals surface area contributed by atoms with E-state index in [-0.39, 0.29) is 13.2 Å². The predicted molar refractivity (Wildman–Crippen MR) is 130 cm³/mol. The molecule has 0 bridgehead atoms. The van der Waals surface area contributed by atoms with Crippen molar-refractivity contribution in [2.75, 3.05) is 19.8 Å². The Hall–Kier alpha value is -0.162. The van der Waals surface area contributed by atoms with E-state index in [9.17, 15) is 14.7 Å². The number of aliphatic hydroxyl groups is 1. The van der Waals surface area contributed by atoms with Crippen LogP contribution in [0.25, 0.3) is 0 Å². The van der Waals surface area contributed by atoms with E-state index in [1.54, 1.807) is 20.0 Å². The van der Waals surface area contributed by atoms with Gasteiger partial charge in [-0.25, -0.2) is 4.79 Å². The van der Waals surface area contributed by atoms with Crippen LogP contribution < -0.4 is 0 Å². The molecule has 12 heteroatoms. The van der Waals surface area contributed by atoms with E-state index in [2.05, 4.69) is 19.7 Å². The molecule has 1 atom stereocenters. The number of hydrogen-bond donors (Lipinski definition) is 2. The third-order valence-corrected chi connectivity index (χ3v) is 15.0. The fourth-order valence-electron chi connectivity index (χ4n) is 2.51. The van der Waals surface area contributed by atoms with Crippen molar-refractivity contribution in [1.29, 1.82) is 0 Å². The van der Waals surface area contributed by atoms with Crippen molar-refractivity contribution in [2.45, 2.75) is 78.7 Å². The first-order chi connectivity index (χ1) is 13.4. The van der Waals surface area contributed by atoms with Gasteiger partial charge in [-0.1, -0.05) is 13.5 Å². The quantitative estimate of drug-likeness (QED) is 0.172. The van der Waals surface area contributed by atoms with Crippen LogP contribution >= 0.6 is 0 Å². The molecule has 180 valence electrons. The van der Waals surface area contributed by atoms with E-state index in [0.717, 1.165) is 6.42 Å². The van der Waals surface area contributed by atoms with Gasteiger partial charge >= 0.3 is 31.7 Å². The second-order valence-electron chi connectivity index (χ2n) is 8.72. The lowest BCUT2D eigenvalue weighted by molar-refractivity contribution is -0.143. The van der Waals surface area contributed by atoms with Gasteiger partial charge in [0.15, 0.2) is 9.04 Å². The standard InChI is InChI=1S/C10H18O4.C8H26O4Si4/c1-4-5-13-6-9(11)7-14-10(12)8(2)3;1-13(2)10-15(5,6)12-16(7,8)11-14(3,4)9/h9,11H,2,4-7H2,1,3H3;9,13H,1-8H3. The minimum Gasteiger partial charge on any atom is -0.460 e. The van der Waals surface area contributed by atoms with Crippen molar-refractivity contribution in [1.82, 2.24) is 0 Å². The van der Waals surface area contributed by atoms with Crippen molar-refractivity contribution in [2.24, 2.45) is 0 Å². The van der Waals surface area contributed by atoms with Crippen LogP contribution in [-0.2, 0) is 26.6 Å². The molecule has 0 aromatic carbocycles. The summed E-state index contributed by atoms with van der Waals surface area (Å²) in [5.41, 5.74) is 0.326. The molecule has 2 N–H and O–H groups in total. The number of carbonyl (C=O) groups excluding carboxylic acids is 1. The van der Waals surface area contributed by atoms with Gasteiger partial charge in [0.2, 0.25) is 0 Å². The molecule has 0 heterocycles. The Morgan fingerprint density at radius 1 is 1.03 bits per heavy atom. The summed E-state index contributed by atoms with van der Waals surface area (Å²) < 4.78 is 27.5. The monoisotopic (exact) mass is 500 g/mol. The molecule has 30 heavy (non-hydrogen) atoms. The summed E-state index contributed by atoms with van der Waals surface area (Å²) in [4.78, 5) is 20.7. The van der Waals surface area contributed by atoms with Crippen LogP contribution in [0.3, 0.4) is 0 Å². The summed E-state index contributed by atoms with van der Waals surface area (Å²) in [5.74, 6) is -0.487. The van der Waals surface area contributed by atoms with Crippen LogP contribution in [-0.4, -0.2) is 76.5 Å². The highest BCUT2D eigenvalue weighted by molar-refractivity contribution is 6.85. The van der Waals surface area contributed by atoms with E-state index in [4.69, 9.17) is 21.8 Å². The van der Waals surface area contributed by atoms with Crippen LogP contribution in [0.5, 0.6) is 0 Å². The molecule has 0 amide bonds. The molecule has 0 fully saturated rings. The number of ether oxygens (including phenoxy) is 2. The van der Waals surface area contributed by atoms with Crippen LogP contribution in [0.15, 0.2) is 12.2 Å². The Labute approximate surface area is 188 Å². The molecule has 0 aliphatic heterocycles. The van der Waals surface area contributed by atoms with Crippen molar-refractivity contribution in [3.63, 3.8) is 0 Å². The van der Waals surface area contributed by atoms with Gasteiger partial charge in [0.05, 0.1) is 6.61 Å². The predicted octanol–water partition coefficient (Wildman–Crippen LogP) is 3.01. The zero-order chi connectivity index (χ0) is 24.2. The van der Waals surface area contributed by atoms with Crippen molar-refractivity contribution >= 4 is 40.7 Å². The number of aliphatic hydroxyl groups excluding tert-OH is 1. The smallest absolute Gasteiger partial charge is 0.333 e. The SMILES string of the molecule is C=C(C)C(=O)OCC(O)COCCC.C[SiH](C)O[Si](C)(C)O[Si](C)(C)O[Si](C)(C)O. The average molecular weight is 501 g/mol. The molecule has 0 aromatic heterocycles. The third-order valence-electron chi connectivity index (χ3n) is 2.92. The summed E-state index contributed by atoms with van der Waals surface area (Å²) in [6.07, 6.45) is 0.142. The van der Waals surface area contributed by atoms with E-state index in [0.29, 0.717) is 12.2 Å². The summed E-state index contributed by atoms with van der Waals surface area (Å²) >= 11 is 0. The average Bonchev–Trinajstić information content (AvgIpc) is 2.48. The van der Waals surface area contributed by atoms with Gasteiger partial charge < -0.3 is 31.7 Å². The first-order valence-corrected chi connectivity index (χ1v) is 21.6. The number of esters is 1. The Morgan fingerprint density at radius 2 is 1.57 bits per heavy atom. The lowest BCUT2D eigenvalue weighted by Crippen LogP contribution is -2.54. The van der Waals surface area contributed by atoms with Gasteiger partial charge in [0, 0.05) is 12.2 Å². The molecular weight excluding hydrogens is 457 g/mol. The zero-order valence-corrected chi connectivity index (χ0v) is 24.7. The Kier molecular flexibility index (Phi) is 15.8. The topological polar surface area (TPSA) is 104 Å². The highest BCUT2D eigenvalue weighted by atomic mass is 28.5. The van der Waals surface area contributed by atoms with Crippen molar-refractivity contribution < 1.29 is 36.5 Å². The first kappa shape index (κ1) is 32.0. The van der Waals surface area contributed by atoms with Gasteiger partial charge in [-0.05, 0) is 65.7 Å². The highest BCUT2D eigenvalue weighted by Gasteiger charge is 2.40. The van der Waals surface area contributed by atoms with E-state index in [1.165, 1.54) is 0 Å². The summed E-state index contributed by atoms with van der Waals surface area (Å²) in [5, 5.41) is 9.27. The molecular formula is C18H44O8Si4. The second-order valence-corrected chi connectivity index (χ2v) is 21.9. The summed E-state index contributed by atoms with van der Waals surface area (Å²) in [7, 11) is -7.97. The van der Waals surface area contributed by atoms with Gasteiger partial charge in [0.25, 0.3) is 0 Å². The normalized spacial score (nSPS) is 13.5. The number of carbonyl (C=O) groups is 1. The maximum absolute atomic E-state index is 10.9. The molecule has 0 spiro atoms. The molecule has 0 aromatic rings. The Morgan fingerprint density at radius 3 is 1.97 bits per heavy atom. The van der Waals surface area contributed by atoms with Gasteiger partial charge in [-0.3, -0.25) is 0 Å². The fourth-order valence-corrected chi connectivity index (χ4v) is 17.8. The molecule has 8 nitrogen and oxygen atoms in total.